The summed E-state index contributed by atoms with van der Waals surface area (Å²) < 4.78 is 21.6. The molecule has 2 atom stereocenters. The van der Waals surface area contributed by atoms with Crippen molar-refractivity contribution in [3.8, 4) is 11.5 Å². The van der Waals surface area contributed by atoms with Crippen LogP contribution in [0.15, 0.2) is 18.2 Å². The van der Waals surface area contributed by atoms with Crippen LogP contribution in [0, 0.1) is 0 Å². The molecular weight excluding hydrogens is 260 g/mol. The van der Waals surface area contributed by atoms with Gasteiger partial charge >= 0.3 is 0 Å². The Bertz CT molecular complexity index is 419. The SMILES string of the molecule is CCOC(C)Oc1ccc(OC(C)OCC)c(C=O)c1. The quantitative estimate of drug-likeness (QED) is 0.515. The maximum Gasteiger partial charge on any atom is 0.196 e. The normalized spacial score (nSPS) is 13.6. The molecule has 5 nitrogen and oxygen atoms in total. The van der Waals surface area contributed by atoms with E-state index in [0.717, 1.165) is 6.29 Å². The first-order valence-corrected chi connectivity index (χ1v) is 6.76. The molecule has 0 aliphatic heterocycles. The molecular formula is C15H22O5. The van der Waals surface area contributed by atoms with E-state index in [-0.39, 0.29) is 6.29 Å². The zero-order valence-electron chi connectivity index (χ0n) is 12.4. The second-order valence-electron chi connectivity index (χ2n) is 4.10. The first-order valence-electron chi connectivity index (χ1n) is 6.76. The Morgan fingerprint density at radius 3 is 2.20 bits per heavy atom. The van der Waals surface area contributed by atoms with E-state index in [4.69, 9.17) is 18.9 Å². The number of benzene rings is 1. The van der Waals surface area contributed by atoms with E-state index in [1.807, 2.05) is 13.8 Å². The van der Waals surface area contributed by atoms with Gasteiger partial charge in [0.1, 0.15) is 11.5 Å². The summed E-state index contributed by atoms with van der Waals surface area (Å²) in [5.41, 5.74) is 0.415. The van der Waals surface area contributed by atoms with Gasteiger partial charge in [-0.3, -0.25) is 4.79 Å². The highest BCUT2D eigenvalue weighted by Gasteiger charge is 2.11. The van der Waals surface area contributed by atoms with E-state index in [2.05, 4.69) is 0 Å². The van der Waals surface area contributed by atoms with Gasteiger partial charge in [-0.15, -0.1) is 0 Å². The Balaban J connectivity index is 2.77. The molecule has 0 aliphatic rings. The number of carbonyl (C=O) groups is 1. The average Bonchev–Trinajstić information content (AvgIpc) is 2.41. The number of carbonyl (C=O) groups excluding carboxylic acids is 1. The van der Waals surface area contributed by atoms with Gasteiger partial charge < -0.3 is 18.9 Å². The summed E-state index contributed by atoms with van der Waals surface area (Å²) in [6.45, 7) is 8.46. The lowest BCUT2D eigenvalue weighted by Gasteiger charge is -2.18. The third-order valence-corrected chi connectivity index (χ3v) is 2.51. The molecule has 0 aliphatic carbocycles. The van der Waals surface area contributed by atoms with Crippen LogP contribution in [-0.4, -0.2) is 32.1 Å². The molecule has 0 radical (unpaired) electrons. The summed E-state index contributed by atoms with van der Waals surface area (Å²) in [5, 5.41) is 0. The van der Waals surface area contributed by atoms with E-state index in [9.17, 15) is 4.79 Å². The topological polar surface area (TPSA) is 54.0 Å². The van der Waals surface area contributed by atoms with Gasteiger partial charge in [0.15, 0.2) is 18.9 Å². The molecule has 1 aromatic rings. The second kappa shape index (κ2) is 8.55. The first kappa shape index (κ1) is 16.5. The van der Waals surface area contributed by atoms with E-state index in [1.54, 1.807) is 32.0 Å². The maximum absolute atomic E-state index is 11.1. The number of hydrogen-bond acceptors (Lipinski definition) is 5. The van der Waals surface area contributed by atoms with Gasteiger partial charge in [-0.1, -0.05) is 0 Å². The van der Waals surface area contributed by atoms with Gasteiger partial charge in [0.25, 0.3) is 0 Å². The van der Waals surface area contributed by atoms with E-state index in [0.29, 0.717) is 30.3 Å². The molecule has 0 amide bonds. The molecule has 0 aromatic heterocycles. The lowest BCUT2D eigenvalue weighted by atomic mass is 10.2. The van der Waals surface area contributed by atoms with E-state index < -0.39 is 6.29 Å². The van der Waals surface area contributed by atoms with Crippen molar-refractivity contribution in [1.82, 2.24) is 0 Å². The molecule has 0 heterocycles. The third kappa shape index (κ3) is 5.19. The van der Waals surface area contributed by atoms with Gasteiger partial charge in [-0.25, -0.2) is 0 Å². The Morgan fingerprint density at radius 2 is 1.65 bits per heavy atom. The fourth-order valence-corrected chi connectivity index (χ4v) is 1.71. The molecule has 0 fully saturated rings. The fraction of sp³-hybridized carbons (Fsp3) is 0.533. The summed E-state index contributed by atoms with van der Waals surface area (Å²) in [7, 11) is 0. The highest BCUT2D eigenvalue weighted by molar-refractivity contribution is 5.80. The van der Waals surface area contributed by atoms with Crippen molar-refractivity contribution in [3.05, 3.63) is 23.8 Å². The molecule has 5 heteroatoms. The molecule has 0 N–H and O–H groups in total. The van der Waals surface area contributed by atoms with Gasteiger partial charge in [0, 0.05) is 13.2 Å². The van der Waals surface area contributed by atoms with Crippen LogP contribution in [0.5, 0.6) is 11.5 Å². The minimum atomic E-state index is -0.409. The third-order valence-electron chi connectivity index (χ3n) is 2.51. The molecule has 0 bridgehead atoms. The zero-order chi connectivity index (χ0) is 15.0. The molecule has 1 aromatic carbocycles. The molecule has 0 saturated heterocycles. The van der Waals surface area contributed by atoms with Crippen LogP contribution in [0.2, 0.25) is 0 Å². The molecule has 1 rings (SSSR count). The molecule has 112 valence electrons. The van der Waals surface area contributed by atoms with Crippen molar-refractivity contribution < 1.29 is 23.7 Å². The van der Waals surface area contributed by atoms with Crippen LogP contribution >= 0.6 is 0 Å². The van der Waals surface area contributed by atoms with E-state index >= 15 is 0 Å². The standard InChI is InChI=1S/C15H22O5/c1-5-17-11(3)19-14-7-8-15(13(9-14)10-16)20-12(4)18-6-2/h7-12H,5-6H2,1-4H3. The van der Waals surface area contributed by atoms with Crippen molar-refractivity contribution >= 4 is 6.29 Å². The van der Waals surface area contributed by atoms with Crippen molar-refractivity contribution in [2.75, 3.05) is 13.2 Å². The van der Waals surface area contributed by atoms with Crippen LogP contribution in [0.25, 0.3) is 0 Å². The smallest absolute Gasteiger partial charge is 0.196 e. The molecule has 0 spiro atoms. The van der Waals surface area contributed by atoms with Crippen LogP contribution in [0.3, 0.4) is 0 Å². The van der Waals surface area contributed by atoms with Gasteiger partial charge in [-0.2, -0.15) is 0 Å². The zero-order valence-corrected chi connectivity index (χ0v) is 12.4. The van der Waals surface area contributed by atoms with Gasteiger partial charge in [0.2, 0.25) is 0 Å². The molecule has 2 unspecified atom stereocenters. The first-order chi connectivity index (χ1) is 9.60. The minimum Gasteiger partial charge on any atom is -0.465 e. The lowest BCUT2D eigenvalue weighted by molar-refractivity contribution is -0.0637. The number of rotatable bonds is 9. The Hall–Kier alpha value is -1.59. The fourth-order valence-electron chi connectivity index (χ4n) is 1.71. The van der Waals surface area contributed by atoms with Crippen molar-refractivity contribution in [2.45, 2.75) is 40.3 Å². The molecule has 20 heavy (non-hydrogen) atoms. The van der Waals surface area contributed by atoms with Crippen LogP contribution < -0.4 is 9.47 Å². The van der Waals surface area contributed by atoms with E-state index in [1.165, 1.54) is 0 Å². The monoisotopic (exact) mass is 282 g/mol. The van der Waals surface area contributed by atoms with Crippen LogP contribution in [-0.2, 0) is 9.47 Å². The van der Waals surface area contributed by atoms with Crippen LogP contribution in [0.1, 0.15) is 38.1 Å². The highest BCUT2D eigenvalue weighted by atomic mass is 16.7. The Labute approximate surface area is 119 Å². The second-order valence-corrected chi connectivity index (χ2v) is 4.10. The van der Waals surface area contributed by atoms with Crippen molar-refractivity contribution in [2.24, 2.45) is 0 Å². The summed E-state index contributed by atoms with van der Waals surface area (Å²) in [6, 6.07) is 5.04. The maximum atomic E-state index is 11.1. The minimum absolute atomic E-state index is 0.367. The highest BCUT2D eigenvalue weighted by Crippen LogP contribution is 2.24. The molecule has 0 saturated carbocycles. The lowest BCUT2D eigenvalue weighted by Crippen LogP contribution is -2.17. The van der Waals surface area contributed by atoms with Crippen molar-refractivity contribution in [3.63, 3.8) is 0 Å². The van der Waals surface area contributed by atoms with Gasteiger partial charge in [0.05, 0.1) is 5.56 Å². The largest absolute Gasteiger partial charge is 0.465 e. The van der Waals surface area contributed by atoms with Crippen molar-refractivity contribution in [1.29, 1.82) is 0 Å². The summed E-state index contributed by atoms with van der Waals surface area (Å²) in [5.74, 6) is 1.03. The predicted octanol–water partition coefficient (Wildman–Crippen LogP) is 3.02. The van der Waals surface area contributed by atoms with Crippen LogP contribution in [0.4, 0.5) is 0 Å². The number of hydrogen-bond donors (Lipinski definition) is 0. The Kier molecular flexibility index (Phi) is 7.04. The predicted molar refractivity (Wildman–Crippen MR) is 75.3 cm³/mol. The summed E-state index contributed by atoms with van der Waals surface area (Å²) in [6.07, 6.45) is -0.0481. The number of ether oxygens (including phenoxy) is 4. The Morgan fingerprint density at radius 1 is 1.05 bits per heavy atom. The van der Waals surface area contributed by atoms with Gasteiger partial charge in [-0.05, 0) is 45.9 Å². The average molecular weight is 282 g/mol. The summed E-state index contributed by atoms with van der Waals surface area (Å²) in [4.78, 5) is 11.1. The summed E-state index contributed by atoms with van der Waals surface area (Å²) >= 11 is 0. The number of aldehydes is 1.